The summed E-state index contributed by atoms with van der Waals surface area (Å²) in [6.07, 6.45) is 0. The van der Waals surface area contributed by atoms with E-state index < -0.39 is 0 Å². The van der Waals surface area contributed by atoms with Crippen LogP contribution in [0.3, 0.4) is 0 Å². The number of nitrogens with one attached hydrogen (secondary N) is 3. The van der Waals surface area contributed by atoms with E-state index in [2.05, 4.69) is 5.32 Å². The van der Waals surface area contributed by atoms with Crippen molar-refractivity contribution in [3.8, 4) is 0 Å². The molecule has 0 unspecified atom stereocenters. The lowest BCUT2D eigenvalue weighted by atomic mass is 10.5. The van der Waals surface area contributed by atoms with Crippen molar-refractivity contribution in [2.75, 3.05) is 0 Å². The lowest BCUT2D eigenvalue weighted by Gasteiger charge is -1.90. The molecule has 3 nitrogen and oxygen atoms in total. The molecule has 5 heteroatoms. The van der Waals surface area contributed by atoms with Crippen LogP contribution in [0.5, 0.6) is 0 Å². The zero-order valence-corrected chi connectivity index (χ0v) is 5.77. The number of hydrogen-bond donors (Lipinski definition) is 3. The Bertz CT molecular complexity index is 196. The third-order valence-corrected chi connectivity index (χ3v) is 1.73. The average Bonchev–Trinajstić information content (AvgIpc) is 1.98. The normalized spacial score (nSPS) is 18.9. The Kier molecular flexibility index (Phi) is 1.47. The van der Waals surface area contributed by atoms with E-state index in [9.17, 15) is 0 Å². The minimum Gasteiger partial charge on any atom is -0.323 e. The predicted octanol–water partition coefficient (Wildman–Crippen LogP) is 1.23. The van der Waals surface area contributed by atoms with E-state index in [0.717, 1.165) is 0 Å². The molecule has 0 aliphatic carbocycles. The molecule has 1 heterocycles. The van der Waals surface area contributed by atoms with Gasteiger partial charge in [0.15, 0.2) is 0 Å². The second-order valence-electron chi connectivity index (χ2n) is 1.50. The quantitative estimate of drug-likeness (QED) is 0.495. The van der Waals surface area contributed by atoms with Gasteiger partial charge in [-0.3, -0.25) is 10.8 Å². The van der Waals surface area contributed by atoms with Crippen LogP contribution in [0.15, 0.2) is 10.1 Å². The fraction of sp³-hybridized carbons (Fsp3) is 0. The lowest BCUT2D eigenvalue weighted by molar-refractivity contribution is 1.29. The first kappa shape index (κ1) is 6.58. The molecule has 0 aromatic carbocycles. The Hall–Kier alpha value is -0.540. The van der Waals surface area contributed by atoms with Crippen molar-refractivity contribution < 1.29 is 0 Å². The highest BCUT2D eigenvalue weighted by atomic mass is 35.5. The van der Waals surface area contributed by atoms with Crippen LogP contribution >= 0.6 is 23.2 Å². The van der Waals surface area contributed by atoms with Gasteiger partial charge in [0.05, 0.1) is 0 Å². The smallest absolute Gasteiger partial charge is 0.144 e. The maximum atomic E-state index is 6.99. The molecule has 0 amide bonds. The van der Waals surface area contributed by atoms with Crippen molar-refractivity contribution in [3.63, 3.8) is 0 Å². The maximum Gasteiger partial charge on any atom is 0.144 e. The summed E-state index contributed by atoms with van der Waals surface area (Å²) >= 11 is 10.9. The highest BCUT2D eigenvalue weighted by Crippen LogP contribution is 2.19. The minimum absolute atomic E-state index is 0.00772. The van der Waals surface area contributed by atoms with Crippen molar-refractivity contribution in [2.24, 2.45) is 0 Å². The fourth-order valence-electron chi connectivity index (χ4n) is 0.454. The van der Waals surface area contributed by atoms with Gasteiger partial charge in [0.1, 0.15) is 21.7 Å². The summed E-state index contributed by atoms with van der Waals surface area (Å²) in [4.78, 5) is 0. The predicted molar refractivity (Wildman–Crippen MR) is 37.3 cm³/mol. The Morgan fingerprint density at radius 2 is 1.33 bits per heavy atom. The molecular formula is C4H3Cl2N3. The third-order valence-electron chi connectivity index (χ3n) is 0.882. The molecule has 1 aliphatic rings. The molecule has 1 aliphatic heterocycles. The number of rotatable bonds is 0. The van der Waals surface area contributed by atoms with Crippen molar-refractivity contribution in [1.29, 1.82) is 10.8 Å². The highest BCUT2D eigenvalue weighted by Gasteiger charge is 2.20. The van der Waals surface area contributed by atoms with E-state index in [1.165, 1.54) is 0 Å². The molecule has 48 valence electrons. The van der Waals surface area contributed by atoms with Gasteiger partial charge >= 0.3 is 0 Å². The van der Waals surface area contributed by atoms with E-state index in [-0.39, 0.29) is 21.7 Å². The summed E-state index contributed by atoms with van der Waals surface area (Å²) in [5.74, 6) is -0.0154. The molecule has 0 radical (unpaired) electrons. The van der Waals surface area contributed by atoms with Gasteiger partial charge < -0.3 is 5.32 Å². The second-order valence-corrected chi connectivity index (χ2v) is 2.26. The third kappa shape index (κ3) is 0.930. The molecule has 0 saturated carbocycles. The Balaban J connectivity index is 3.06. The van der Waals surface area contributed by atoms with Crippen molar-refractivity contribution >= 4 is 34.9 Å². The van der Waals surface area contributed by atoms with Gasteiger partial charge in [0, 0.05) is 0 Å². The molecule has 0 fully saturated rings. The van der Waals surface area contributed by atoms with Gasteiger partial charge in [-0.2, -0.15) is 0 Å². The molecule has 0 aromatic heterocycles. The maximum absolute atomic E-state index is 6.99. The van der Waals surface area contributed by atoms with Crippen molar-refractivity contribution in [3.05, 3.63) is 10.1 Å². The van der Waals surface area contributed by atoms with Gasteiger partial charge in [-0.1, -0.05) is 23.2 Å². The van der Waals surface area contributed by atoms with Crippen LogP contribution in [0, 0.1) is 10.8 Å². The van der Waals surface area contributed by atoms with Crippen LogP contribution in [0.2, 0.25) is 0 Å². The number of hydrogen-bond acceptors (Lipinski definition) is 2. The van der Waals surface area contributed by atoms with Gasteiger partial charge in [-0.15, -0.1) is 0 Å². The molecule has 0 bridgehead atoms. The van der Waals surface area contributed by atoms with Gasteiger partial charge in [0.2, 0.25) is 0 Å². The summed E-state index contributed by atoms with van der Waals surface area (Å²) in [7, 11) is 0. The molecule has 0 aromatic rings. The largest absolute Gasteiger partial charge is 0.323 e. The Morgan fingerprint density at radius 3 is 1.44 bits per heavy atom. The lowest BCUT2D eigenvalue weighted by Crippen LogP contribution is -2.20. The van der Waals surface area contributed by atoms with E-state index in [0.29, 0.717) is 0 Å². The second kappa shape index (κ2) is 2.01. The van der Waals surface area contributed by atoms with Crippen LogP contribution < -0.4 is 5.32 Å². The summed E-state index contributed by atoms with van der Waals surface area (Å²) in [5.41, 5.74) is 0. The Labute approximate surface area is 61.7 Å². The molecule has 9 heavy (non-hydrogen) atoms. The standard InChI is InChI=1S/C4H3Cl2N3/c5-1-2(6)4(8)9-3(1)7/h(H3,7,8,9). The molecule has 0 atom stereocenters. The van der Waals surface area contributed by atoms with Crippen LogP contribution in [0.25, 0.3) is 0 Å². The first-order chi connectivity index (χ1) is 4.13. The van der Waals surface area contributed by atoms with Gasteiger partial charge in [-0.25, -0.2) is 0 Å². The monoisotopic (exact) mass is 163 g/mol. The van der Waals surface area contributed by atoms with Crippen molar-refractivity contribution in [2.45, 2.75) is 0 Å². The van der Waals surface area contributed by atoms with Crippen LogP contribution in [0.1, 0.15) is 0 Å². The number of halogens is 2. The van der Waals surface area contributed by atoms with Gasteiger partial charge in [0.25, 0.3) is 0 Å². The first-order valence-corrected chi connectivity index (χ1v) is 2.88. The molecule has 3 N–H and O–H groups in total. The molecule has 0 spiro atoms. The minimum atomic E-state index is -0.00772. The average molecular weight is 164 g/mol. The van der Waals surface area contributed by atoms with E-state index >= 15 is 0 Å². The highest BCUT2D eigenvalue weighted by molar-refractivity contribution is 6.58. The summed E-state index contributed by atoms with van der Waals surface area (Å²) in [6.45, 7) is 0. The summed E-state index contributed by atoms with van der Waals surface area (Å²) in [5, 5.41) is 16.5. The zero-order valence-electron chi connectivity index (χ0n) is 4.26. The molecule has 0 saturated heterocycles. The van der Waals surface area contributed by atoms with Crippen LogP contribution in [-0.2, 0) is 0 Å². The van der Waals surface area contributed by atoms with E-state index in [1.807, 2.05) is 0 Å². The zero-order chi connectivity index (χ0) is 7.02. The topological polar surface area (TPSA) is 59.7 Å². The fourth-order valence-corrected chi connectivity index (χ4v) is 0.738. The van der Waals surface area contributed by atoms with Gasteiger partial charge in [-0.05, 0) is 0 Å². The van der Waals surface area contributed by atoms with E-state index in [4.69, 9.17) is 34.0 Å². The van der Waals surface area contributed by atoms with Crippen LogP contribution in [-0.4, -0.2) is 11.7 Å². The Morgan fingerprint density at radius 1 is 1.00 bits per heavy atom. The number of amidine groups is 2. The summed E-state index contributed by atoms with van der Waals surface area (Å²) < 4.78 is 0. The van der Waals surface area contributed by atoms with Crippen molar-refractivity contribution in [1.82, 2.24) is 5.32 Å². The molecule has 1 rings (SSSR count). The summed E-state index contributed by atoms with van der Waals surface area (Å²) in [6, 6.07) is 0. The van der Waals surface area contributed by atoms with Crippen LogP contribution in [0.4, 0.5) is 0 Å². The SMILES string of the molecule is N=C1NC(=N)C(Cl)=C1Cl. The molecular weight excluding hydrogens is 161 g/mol. The first-order valence-electron chi connectivity index (χ1n) is 2.13. The van der Waals surface area contributed by atoms with E-state index in [1.54, 1.807) is 0 Å².